The first kappa shape index (κ1) is 11.3. The third-order valence-corrected chi connectivity index (χ3v) is 2.72. The standard InChI is InChI=1S/C7H15N.C6H6/c8-6-7-4-2-1-3-5-7;1-2-4-6-5-3-1/h7H,1-6,8H2;1-6H. The molecule has 0 atom stereocenters. The monoisotopic (exact) mass is 191 g/mol. The van der Waals surface area contributed by atoms with E-state index < -0.39 is 0 Å². The SMILES string of the molecule is NCC1CCCCC1.c1ccccc1. The van der Waals surface area contributed by atoms with Gasteiger partial charge in [-0.2, -0.15) is 0 Å². The van der Waals surface area contributed by atoms with E-state index in [2.05, 4.69) is 0 Å². The van der Waals surface area contributed by atoms with Gasteiger partial charge in [-0.1, -0.05) is 55.7 Å². The van der Waals surface area contributed by atoms with Gasteiger partial charge in [0, 0.05) is 0 Å². The van der Waals surface area contributed by atoms with Crippen LogP contribution in [-0.4, -0.2) is 6.54 Å². The molecule has 0 aromatic heterocycles. The van der Waals surface area contributed by atoms with E-state index in [0.717, 1.165) is 12.5 Å². The predicted molar refractivity (Wildman–Crippen MR) is 62.1 cm³/mol. The third-order valence-electron chi connectivity index (χ3n) is 2.72. The molecule has 1 heteroatoms. The zero-order valence-corrected chi connectivity index (χ0v) is 8.86. The smallest absolute Gasteiger partial charge is 0.00489 e. The summed E-state index contributed by atoms with van der Waals surface area (Å²) in [6.45, 7) is 0.917. The molecule has 14 heavy (non-hydrogen) atoms. The Bertz CT molecular complexity index is 175. The van der Waals surface area contributed by atoms with E-state index in [4.69, 9.17) is 5.73 Å². The number of nitrogens with two attached hydrogens (primary N) is 1. The molecule has 0 unspecified atom stereocenters. The van der Waals surface area contributed by atoms with E-state index in [9.17, 15) is 0 Å². The third kappa shape index (κ3) is 5.03. The highest BCUT2D eigenvalue weighted by Gasteiger charge is 2.09. The van der Waals surface area contributed by atoms with Crippen molar-refractivity contribution in [2.45, 2.75) is 32.1 Å². The molecule has 1 aromatic carbocycles. The molecule has 1 fully saturated rings. The van der Waals surface area contributed by atoms with E-state index >= 15 is 0 Å². The van der Waals surface area contributed by atoms with E-state index in [1.54, 1.807) is 0 Å². The van der Waals surface area contributed by atoms with E-state index in [1.807, 2.05) is 36.4 Å². The predicted octanol–water partition coefficient (Wildman–Crippen LogP) is 3.21. The fourth-order valence-corrected chi connectivity index (χ4v) is 1.81. The Hall–Kier alpha value is -0.820. The van der Waals surface area contributed by atoms with Crippen LogP contribution in [0.5, 0.6) is 0 Å². The lowest BCUT2D eigenvalue weighted by molar-refractivity contribution is 0.366. The average molecular weight is 191 g/mol. The summed E-state index contributed by atoms with van der Waals surface area (Å²) in [6, 6.07) is 12.0. The van der Waals surface area contributed by atoms with Gasteiger partial charge in [0.1, 0.15) is 0 Å². The van der Waals surface area contributed by atoms with Gasteiger partial charge >= 0.3 is 0 Å². The first-order chi connectivity index (χ1) is 6.93. The van der Waals surface area contributed by atoms with E-state index in [0.29, 0.717) is 0 Å². The van der Waals surface area contributed by atoms with E-state index in [-0.39, 0.29) is 0 Å². The fourth-order valence-electron chi connectivity index (χ4n) is 1.81. The second-order valence-electron chi connectivity index (χ2n) is 3.89. The molecule has 2 N–H and O–H groups in total. The molecule has 1 aliphatic rings. The fraction of sp³-hybridized carbons (Fsp3) is 0.538. The molecule has 0 aliphatic heterocycles. The van der Waals surface area contributed by atoms with Gasteiger partial charge in [0.2, 0.25) is 0 Å². The molecule has 1 saturated carbocycles. The summed E-state index contributed by atoms with van der Waals surface area (Å²) in [5, 5.41) is 0. The molecule has 0 bridgehead atoms. The summed E-state index contributed by atoms with van der Waals surface area (Å²) in [5.74, 6) is 0.865. The first-order valence-electron chi connectivity index (χ1n) is 5.63. The van der Waals surface area contributed by atoms with Crippen LogP contribution >= 0.6 is 0 Å². The minimum atomic E-state index is 0.865. The van der Waals surface area contributed by atoms with Crippen molar-refractivity contribution < 1.29 is 0 Å². The summed E-state index contributed by atoms with van der Waals surface area (Å²) in [5.41, 5.74) is 5.50. The molecular weight excluding hydrogens is 170 g/mol. The number of hydrogen-bond donors (Lipinski definition) is 1. The van der Waals surface area contributed by atoms with Crippen molar-refractivity contribution >= 4 is 0 Å². The van der Waals surface area contributed by atoms with Crippen LogP contribution in [0, 0.1) is 5.92 Å². The highest BCUT2D eigenvalue weighted by atomic mass is 14.5. The lowest BCUT2D eigenvalue weighted by atomic mass is 9.90. The Morgan fingerprint density at radius 1 is 0.786 bits per heavy atom. The Balaban J connectivity index is 0.000000146. The van der Waals surface area contributed by atoms with Gasteiger partial charge in [-0.05, 0) is 25.3 Å². The molecule has 1 aliphatic carbocycles. The van der Waals surface area contributed by atoms with Crippen LogP contribution in [0.25, 0.3) is 0 Å². The van der Waals surface area contributed by atoms with Crippen molar-refractivity contribution in [1.29, 1.82) is 0 Å². The molecular formula is C13H21N. The molecule has 78 valence electrons. The maximum atomic E-state index is 5.50. The van der Waals surface area contributed by atoms with Gasteiger partial charge in [0.15, 0.2) is 0 Å². The van der Waals surface area contributed by atoms with Crippen molar-refractivity contribution in [3.63, 3.8) is 0 Å². The molecule has 0 amide bonds. The van der Waals surface area contributed by atoms with Crippen LogP contribution in [-0.2, 0) is 0 Å². The average Bonchev–Trinajstić information content (AvgIpc) is 2.33. The maximum Gasteiger partial charge on any atom is -0.00489 e. The number of rotatable bonds is 1. The second kappa shape index (κ2) is 7.57. The summed E-state index contributed by atoms with van der Waals surface area (Å²) in [6.07, 6.45) is 7.05. The van der Waals surface area contributed by atoms with Crippen molar-refractivity contribution in [3.8, 4) is 0 Å². The largest absolute Gasteiger partial charge is 0.330 e. The van der Waals surface area contributed by atoms with Gasteiger partial charge < -0.3 is 5.73 Å². The van der Waals surface area contributed by atoms with Crippen LogP contribution in [0.4, 0.5) is 0 Å². The summed E-state index contributed by atoms with van der Waals surface area (Å²) < 4.78 is 0. The molecule has 0 spiro atoms. The molecule has 0 radical (unpaired) electrons. The highest BCUT2D eigenvalue weighted by Crippen LogP contribution is 2.21. The first-order valence-corrected chi connectivity index (χ1v) is 5.63. The number of hydrogen-bond acceptors (Lipinski definition) is 1. The Labute approximate surface area is 87.3 Å². The number of benzene rings is 1. The lowest BCUT2D eigenvalue weighted by Gasteiger charge is -2.18. The normalized spacial score (nSPS) is 16.9. The molecule has 1 aromatic rings. The van der Waals surface area contributed by atoms with Crippen LogP contribution in [0.3, 0.4) is 0 Å². The molecule has 0 saturated heterocycles. The summed E-state index contributed by atoms with van der Waals surface area (Å²) in [7, 11) is 0. The van der Waals surface area contributed by atoms with Crippen molar-refractivity contribution in [1.82, 2.24) is 0 Å². The van der Waals surface area contributed by atoms with E-state index in [1.165, 1.54) is 32.1 Å². The Morgan fingerprint density at radius 2 is 1.21 bits per heavy atom. The molecule has 1 nitrogen and oxygen atoms in total. The van der Waals surface area contributed by atoms with Crippen LogP contribution in [0.15, 0.2) is 36.4 Å². The highest BCUT2D eigenvalue weighted by molar-refractivity contribution is 4.99. The Morgan fingerprint density at radius 3 is 1.50 bits per heavy atom. The van der Waals surface area contributed by atoms with Gasteiger partial charge in [-0.25, -0.2) is 0 Å². The second-order valence-corrected chi connectivity index (χ2v) is 3.89. The summed E-state index contributed by atoms with van der Waals surface area (Å²) in [4.78, 5) is 0. The zero-order valence-electron chi connectivity index (χ0n) is 8.86. The lowest BCUT2D eigenvalue weighted by Crippen LogP contribution is -2.16. The van der Waals surface area contributed by atoms with Crippen molar-refractivity contribution in [2.24, 2.45) is 11.7 Å². The van der Waals surface area contributed by atoms with Gasteiger partial charge in [0.05, 0.1) is 0 Å². The van der Waals surface area contributed by atoms with Gasteiger partial charge in [-0.3, -0.25) is 0 Å². The minimum absolute atomic E-state index is 0.865. The van der Waals surface area contributed by atoms with Gasteiger partial charge in [0.25, 0.3) is 0 Å². The topological polar surface area (TPSA) is 26.0 Å². The maximum absolute atomic E-state index is 5.50. The van der Waals surface area contributed by atoms with Crippen molar-refractivity contribution in [3.05, 3.63) is 36.4 Å². The molecule has 2 rings (SSSR count). The van der Waals surface area contributed by atoms with Gasteiger partial charge in [-0.15, -0.1) is 0 Å². The minimum Gasteiger partial charge on any atom is -0.330 e. The quantitative estimate of drug-likeness (QED) is 0.724. The van der Waals surface area contributed by atoms with Crippen molar-refractivity contribution in [2.75, 3.05) is 6.54 Å². The zero-order chi connectivity index (χ0) is 10.1. The Kier molecular flexibility index (Phi) is 6.09. The summed E-state index contributed by atoms with van der Waals surface area (Å²) >= 11 is 0. The molecule has 0 heterocycles. The van der Waals surface area contributed by atoms with Crippen LogP contribution in [0.2, 0.25) is 0 Å². The van der Waals surface area contributed by atoms with Crippen LogP contribution in [0.1, 0.15) is 32.1 Å². The van der Waals surface area contributed by atoms with Crippen LogP contribution < -0.4 is 5.73 Å².